The Balaban J connectivity index is 1.52. The number of carbonyl (C=O) groups is 2. The molecule has 0 saturated heterocycles. The molecule has 0 bridgehead atoms. The highest BCUT2D eigenvalue weighted by atomic mass is 79.9. The third-order valence-electron chi connectivity index (χ3n) is 5.90. The van der Waals surface area contributed by atoms with Gasteiger partial charge in [0, 0.05) is 16.7 Å². The van der Waals surface area contributed by atoms with Crippen molar-refractivity contribution in [2.24, 2.45) is 0 Å². The van der Waals surface area contributed by atoms with Crippen LogP contribution in [0.25, 0.3) is 6.08 Å². The summed E-state index contributed by atoms with van der Waals surface area (Å²) in [6, 6.07) is 19.2. The Kier molecular flexibility index (Phi) is 8.11. The molecule has 1 N–H and O–H groups in total. The number of benzene rings is 2. The highest BCUT2D eigenvalue weighted by Gasteiger charge is 2.37. The third-order valence-corrected chi connectivity index (χ3v) is 7.84. The molecule has 192 valence electrons. The molecule has 0 spiro atoms. The number of sulfonamides is 1. The molecule has 10 heteroatoms. The molecule has 1 aliphatic rings. The Bertz CT molecular complexity index is 1470. The Morgan fingerprint density at radius 1 is 1.08 bits per heavy atom. The van der Waals surface area contributed by atoms with Crippen molar-refractivity contribution in [2.45, 2.75) is 24.8 Å². The number of nitrogens with zero attached hydrogens (tertiary/aromatic N) is 1. The number of ether oxygens (including phenoxy) is 1. The monoisotopic (exact) mass is 584 g/mol. The van der Waals surface area contributed by atoms with Crippen LogP contribution >= 0.6 is 15.9 Å². The molecular weight excluding hydrogens is 560 g/mol. The number of rotatable bonds is 9. The van der Waals surface area contributed by atoms with Crippen molar-refractivity contribution in [2.75, 3.05) is 13.7 Å². The summed E-state index contributed by atoms with van der Waals surface area (Å²) in [6.45, 7) is 2.02. The molecule has 2 heterocycles. The second kappa shape index (κ2) is 11.3. The highest BCUT2D eigenvalue weighted by molar-refractivity contribution is 9.10. The van der Waals surface area contributed by atoms with Gasteiger partial charge < -0.3 is 14.1 Å². The van der Waals surface area contributed by atoms with Gasteiger partial charge in [-0.1, -0.05) is 46.3 Å². The second-order valence-electron chi connectivity index (χ2n) is 8.28. The van der Waals surface area contributed by atoms with Crippen molar-refractivity contribution < 1.29 is 27.2 Å². The lowest BCUT2D eigenvalue weighted by Gasteiger charge is -2.17. The smallest absolute Gasteiger partial charge is 0.340 e. The zero-order valence-electron chi connectivity index (χ0n) is 20.2. The predicted molar refractivity (Wildman–Crippen MR) is 141 cm³/mol. The Morgan fingerprint density at radius 3 is 2.46 bits per heavy atom. The first kappa shape index (κ1) is 26.6. The lowest BCUT2D eigenvalue weighted by Crippen LogP contribution is -2.27. The fourth-order valence-corrected chi connectivity index (χ4v) is 5.21. The summed E-state index contributed by atoms with van der Waals surface area (Å²) in [6.07, 6.45) is 2.10. The summed E-state index contributed by atoms with van der Waals surface area (Å²) in [5.41, 5.74) is 1.91. The number of halogens is 1. The Morgan fingerprint density at radius 2 is 1.78 bits per heavy atom. The Hall–Kier alpha value is -3.47. The fraction of sp³-hybridized carbons (Fsp3) is 0.185. The summed E-state index contributed by atoms with van der Waals surface area (Å²) in [7, 11) is -2.48. The normalized spacial score (nSPS) is 15.1. The van der Waals surface area contributed by atoms with Gasteiger partial charge in [-0.15, -0.1) is 0 Å². The van der Waals surface area contributed by atoms with E-state index >= 15 is 0 Å². The van der Waals surface area contributed by atoms with E-state index in [0.717, 1.165) is 10.0 Å². The number of hydrogen-bond donors (Lipinski definition) is 1. The SMILES string of the molecule is COC(=O)C1=C(C)N(CCc2ccccc2)C(=O)/C1=C\c1ccc(CNS(=O)(=O)c2ccc(Br)cc2)o1. The fourth-order valence-electron chi connectivity index (χ4n) is 3.96. The van der Waals surface area contributed by atoms with E-state index in [1.807, 2.05) is 30.3 Å². The zero-order valence-corrected chi connectivity index (χ0v) is 22.6. The average molecular weight is 585 g/mol. The number of methoxy groups -OCH3 is 1. The van der Waals surface area contributed by atoms with Gasteiger partial charge in [-0.25, -0.2) is 17.9 Å². The molecule has 0 radical (unpaired) electrons. The van der Waals surface area contributed by atoms with Crippen LogP contribution in [-0.4, -0.2) is 38.8 Å². The van der Waals surface area contributed by atoms with E-state index in [1.54, 1.807) is 36.1 Å². The van der Waals surface area contributed by atoms with Crippen molar-refractivity contribution in [1.29, 1.82) is 0 Å². The number of amides is 1. The molecule has 0 atom stereocenters. The molecule has 1 amide bonds. The summed E-state index contributed by atoms with van der Waals surface area (Å²) in [4.78, 5) is 27.5. The topological polar surface area (TPSA) is 106 Å². The molecule has 2 aromatic carbocycles. The molecule has 37 heavy (non-hydrogen) atoms. The van der Waals surface area contributed by atoms with E-state index in [4.69, 9.17) is 9.15 Å². The number of esters is 1. The highest BCUT2D eigenvalue weighted by Crippen LogP contribution is 2.32. The van der Waals surface area contributed by atoms with Gasteiger partial charge in [0.25, 0.3) is 5.91 Å². The van der Waals surface area contributed by atoms with E-state index < -0.39 is 16.0 Å². The maximum atomic E-state index is 13.3. The molecule has 0 aliphatic carbocycles. The van der Waals surface area contributed by atoms with Crippen LogP contribution < -0.4 is 4.72 Å². The van der Waals surface area contributed by atoms with E-state index in [-0.39, 0.29) is 28.5 Å². The second-order valence-corrected chi connectivity index (χ2v) is 11.0. The average Bonchev–Trinajstić information content (AvgIpc) is 3.44. The Labute approximate surface area is 223 Å². The lowest BCUT2D eigenvalue weighted by molar-refractivity contribution is -0.136. The maximum Gasteiger partial charge on any atom is 0.340 e. The van der Waals surface area contributed by atoms with E-state index in [0.29, 0.717) is 30.2 Å². The van der Waals surface area contributed by atoms with Crippen molar-refractivity contribution >= 4 is 43.9 Å². The van der Waals surface area contributed by atoms with Gasteiger partial charge in [0.2, 0.25) is 10.0 Å². The summed E-state index contributed by atoms with van der Waals surface area (Å²) >= 11 is 3.28. The molecule has 8 nitrogen and oxygen atoms in total. The van der Waals surface area contributed by atoms with Crippen molar-refractivity contribution in [3.63, 3.8) is 0 Å². The quantitative estimate of drug-likeness (QED) is 0.294. The maximum absolute atomic E-state index is 13.3. The van der Waals surface area contributed by atoms with Crippen LogP contribution in [0.3, 0.4) is 0 Å². The van der Waals surface area contributed by atoms with Gasteiger partial charge >= 0.3 is 5.97 Å². The molecule has 4 rings (SSSR count). The first-order valence-corrected chi connectivity index (χ1v) is 13.7. The summed E-state index contributed by atoms with van der Waals surface area (Å²) in [5, 5.41) is 0. The standard InChI is InChI=1S/C27H25BrN2O6S/c1-18-25(27(32)35-2)24(26(31)30(18)15-14-19-6-4-3-5-7-19)16-21-10-11-22(36-21)17-29-37(33,34)23-12-8-20(28)9-13-23/h3-13,16,29H,14-15,17H2,1-2H3/b24-16-. The lowest BCUT2D eigenvalue weighted by atomic mass is 10.1. The van der Waals surface area contributed by atoms with Crippen LogP contribution in [0.2, 0.25) is 0 Å². The number of carbonyl (C=O) groups excluding carboxylic acids is 2. The first-order valence-electron chi connectivity index (χ1n) is 11.4. The molecule has 3 aromatic rings. The van der Waals surface area contributed by atoms with Gasteiger partial charge in [0.15, 0.2) is 0 Å². The van der Waals surface area contributed by atoms with Gasteiger partial charge in [-0.3, -0.25) is 4.79 Å². The molecule has 0 saturated carbocycles. The summed E-state index contributed by atoms with van der Waals surface area (Å²) < 4.78 is 39.0. The zero-order chi connectivity index (χ0) is 26.6. The number of hydrogen-bond acceptors (Lipinski definition) is 6. The summed E-state index contributed by atoms with van der Waals surface area (Å²) in [5.74, 6) is -0.296. The number of furan rings is 1. The van der Waals surface area contributed by atoms with Gasteiger partial charge in [0.05, 0.1) is 29.7 Å². The minimum atomic E-state index is -3.74. The van der Waals surface area contributed by atoms with Crippen molar-refractivity contribution in [3.05, 3.63) is 105 Å². The van der Waals surface area contributed by atoms with E-state index in [1.165, 1.54) is 25.3 Å². The van der Waals surface area contributed by atoms with Crippen LogP contribution in [0.5, 0.6) is 0 Å². The molecule has 1 aliphatic heterocycles. The van der Waals surface area contributed by atoms with Crippen LogP contribution in [-0.2, 0) is 37.3 Å². The van der Waals surface area contributed by atoms with E-state index in [2.05, 4.69) is 20.7 Å². The molecule has 0 unspecified atom stereocenters. The largest absolute Gasteiger partial charge is 0.465 e. The molecule has 0 fully saturated rings. The minimum absolute atomic E-state index is 0.0859. The van der Waals surface area contributed by atoms with Crippen LogP contribution in [0, 0.1) is 0 Å². The van der Waals surface area contributed by atoms with Crippen LogP contribution in [0.15, 0.2) is 97.4 Å². The molecular formula is C27H25BrN2O6S. The minimum Gasteiger partial charge on any atom is -0.465 e. The first-order chi connectivity index (χ1) is 17.7. The number of allylic oxidation sites excluding steroid dienone is 1. The number of nitrogens with one attached hydrogen (secondary N) is 1. The van der Waals surface area contributed by atoms with E-state index in [9.17, 15) is 18.0 Å². The van der Waals surface area contributed by atoms with Gasteiger partial charge in [-0.2, -0.15) is 0 Å². The molecule has 1 aromatic heterocycles. The van der Waals surface area contributed by atoms with Crippen LogP contribution in [0.1, 0.15) is 24.0 Å². The van der Waals surface area contributed by atoms with Gasteiger partial charge in [0.1, 0.15) is 11.5 Å². The third kappa shape index (κ3) is 6.10. The van der Waals surface area contributed by atoms with Crippen molar-refractivity contribution in [1.82, 2.24) is 9.62 Å². The van der Waals surface area contributed by atoms with Crippen LogP contribution in [0.4, 0.5) is 0 Å². The van der Waals surface area contributed by atoms with Gasteiger partial charge in [-0.05, 0) is 61.4 Å². The van der Waals surface area contributed by atoms with Crippen molar-refractivity contribution in [3.8, 4) is 0 Å². The predicted octanol–water partition coefficient (Wildman–Crippen LogP) is 4.44.